The van der Waals surface area contributed by atoms with Crippen molar-refractivity contribution >= 4 is 16.1 Å². The average molecular weight is 292 g/mol. The van der Waals surface area contributed by atoms with Crippen molar-refractivity contribution in [2.45, 2.75) is 63.9 Å². The van der Waals surface area contributed by atoms with Gasteiger partial charge in [0.15, 0.2) is 0 Å². The van der Waals surface area contributed by atoms with Crippen LogP contribution in [0, 0.1) is 0 Å². The van der Waals surface area contributed by atoms with Crippen LogP contribution in [0.4, 0.5) is 4.79 Å². The Labute approximate surface area is 115 Å². The van der Waals surface area contributed by atoms with E-state index in [-0.39, 0.29) is 11.6 Å². The molecule has 0 aliphatic heterocycles. The van der Waals surface area contributed by atoms with Crippen LogP contribution in [-0.4, -0.2) is 37.9 Å². The number of carbonyl (C=O) groups excluding carboxylic acids is 1. The van der Waals surface area contributed by atoms with Crippen LogP contribution in [0.1, 0.15) is 47.0 Å². The van der Waals surface area contributed by atoms with Crippen molar-refractivity contribution in [1.82, 2.24) is 10.0 Å². The smallest absolute Gasteiger partial charge is 0.407 e. The summed E-state index contributed by atoms with van der Waals surface area (Å²) < 4.78 is 31.2. The van der Waals surface area contributed by atoms with Gasteiger partial charge in [0.1, 0.15) is 6.10 Å². The topological polar surface area (TPSA) is 84.5 Å². The first-order chi connectivity index (χ1) is 8.64. The second kappa shape index (κ2) is 6.09. The molecule has 1 saturated carbocycles. The first-order valence-corrected chi connectivity index (χ1v) is 8.16. The highest BCUT2D eigenvalue weighted by atomic mass is 32.2. The number of amides is 1. The van der Waals surface area contributed by atoms with Crippen LogP contribution in [0.5, 0.6) is 0 Å². The third-order valence-corrected chi connectivity index (χ3v) is 4.66. The molecule has 0 aromatic carbocycles. The molecule has 1 fully saturated rings. The molecule has 0 atom stereocenters. The van der Waals surface area contributed by atoms with Crippen LogP contribution >= 0.6 is 0 Å². The highest BCUT2D eigenvalue weighted by Gasteiger charge is 2.40. The lowest BCUT2D eigenvalue weighted by Gasteiger charge is -2.34. The lowest BCUT2D eigenvalue weighted by atomic mass is 9.95. The summed E-state index contributed by atoms with van der Waals surface area (Å²) >= 11 is 0. The summed E-state index contributed by atoms with van der Waals surface area (Å²) in [6, 6.07) is 0. The van der Waals surface area contributed by atoms with Gasteiger partial charge in [-0.05, 0) is 27.2 Å². The van der Waals surface area contributed by atoms with E-state index >= 15 is 0 Å². The summed E-state index contributed by atoms with van der Waals surface area (Å²) in [6.07, 6.45) is 0.716. The summed E-state index contributed by atoms with van der Waals surface area (Å²) in [7, 11) is -3.25. The highest BCUT2D eigenvalue weighted by Crippen LogP contribution is 2.29. The maximum atomic E-state index is 11.8. The van der Waals surface area contributed by atoms with Gasteiger partial charge in [0.2, 0.25) is 10.0 Å². The monoisotopic (exact) mass is 292 g/mol. The summed E-state index contributed by atoms with van der Waals surface area (Å²) in [4.78, 5) is 11.5. The van der Waals surface area contributed by atoms with Gasteiger partial charge in [-0.2, -0.15) is 0 Å². The van der Waals surface area contributed by atoms with Gasteiger partial charge in [-0.25, -0.2) is 17.9 Å². The van der Waals surface area contributed by atoms with Crippen LogP contribution in [0.25, 0.3) is 0 Å². The third kappa shape index (κ3) is 5.36. The Morgan fingerprint density at radius 1 is 1.32 bits per heavy atom. The van der Waals surface area contributed by atoms with Crippen LogP contribution in [0.2, 0.25) is 0 Å². The molecule has 1 amide bonds. The van der Waals surface area contributed by atoms with E-state index in [0.717, 1.165) is 6.42 Å². The first-order valence-electron chi connectivity index (χ1n) is 6.61. The molecule has 6 nitrogen and oxygen atoms in total. The Morgan fingerprint density at radius 3 is 2.37 bits per heavy atom. The number of ether oxygens (including phenoxy) is 1. The van der Waals surface area contributed by atoms with Crippen LogP contribution in [0.3, 0.4) is 0 Å². The first kappa shape index (κ1) is 16.2. The van der Waals surface area contributed by atoms with E-state index in [1.165, 1.54) is 0 Å². The van der Waals surface area contributed by atoms with E-state index in [1.807, 2.05) is 27.7 Å². The fraction of sp³-hybridized carbons (Fsp3) is 0.917. The zero-order valence-electron chi connectivity index (χ0n) is 12.0. The van der Waals surface area contributed by atoms with Gasteiger partial charge in [0.05, 0.1) is 5.25 Å². The number of alkyl carbamates (subject to hydrolysis) is 1. The maximum absolute atomic E-state index is 11.8. The van der Waals surface area contributed by atoms with Crippen molar-refractivity contribution in [3.63, 3.8) is 0 Å². The summed E-state index contributed by atoms with van der Waals surface area (Å²) in [6.45, 7) is 7.94. The Hall–Kier alpha value is -0.820. The molecule has 0 radical (unpaired) electrons. The quantitative estimate of drug-likeness (QED) is 0.801. The van der Waals surface area contributed by atoms with Gasteiger partial charge in [0, 0.05) is 24.9 Å². The normalized spacial score (nSPS) is 23.6. The van der Waals surface area contributed by atoms with E-state index in [2.05, 4.69) is 10.0 Å². The standard InChI is InChI=1S/C12H24N2O4S/c1-5-6-13-19(16,17)10-7-9(8-10)18-11(15)14-12(2,3)4/h9-10,13H,5-8H2,1-4H3,(H,14,15). The minimum atomic E-state index is -3.25. The molecular formula is C12H24N2O4S. The van der Waals surface area contributed by atoms with E-state index < -0.39 is 21.4 Å². The molecule has 1 aliphatic carbocycles. The van der Waals surface area contributed by atoms with Crippen molar-refractivity contribution in [3.8, 4) is 0 Å². The van der Waals surface area contributed by atoms with E-state index in [0.29, 0.717) is 19.4 Å². The van der Waals surface area contributed by atoms with Gasteiger partial charge >= 0.3 is 6.09 Å². The zero-order chi connectivity index (χ0) is 14.7. The minimum Gasteiger partial charge on any atom is -0.446 e. The fourth-order valence-corrected chi connectivity index (χ4v) is 3.38. The van der Waals surface area contributed by atoms with Crippen molar-refractivity contribution in [1.29, 1.82) is 0 Å². The molecular weight excluding hydrogens is 268 g/mol. The summed E-state index contributed by atoms with van der Waals surface area (Å²) in [5.41, 5.74) is -0.352. The Morgan fingerprint density at radius 2 is 1.89 bits per heavy atom. The SMILES string of the molecule is CCCNS(=O)(=O)C1CC(OC(=O)NC(C)(C)C)C1. The second-order valence-corrected chi connectivity index (χ2v) is 7.98. The van der Waals surface area contributed by atoms with E-state index in [1.54, 1.807) is 0 Å². The molecule has 0 saturated heterocycles. The number of rotatable bonds is 5. The van der Waals surface area contributed by atoms with E-state index in [4.69, 9.17) is 4.74 Å². The zero-order valence-corrected chi connectivity index (χ0v) is 12.8. The molecule has 0 spiro atoms. The van der Waals surface area contributed by atoms with Gasteiger partial charge in [-0.15, -0.1) is 0 Å². The number of carbonyl (C=O) groups is 1. The number of nitrogens with one attached hydrogen (secondary N) is 2. The lowest BCUT2D eigenvalue weighted by molar-refractivity contribution is 0.0498. The van der Waals surface area contributed by atoms with Crippen LogP contribution in [-0.2, 0) is 14.8 Å². The van der Waals surface area contributed by atoms with E-state index in [9.17, 15) is 13.2 Å². The number of hydrogen-bond acceptors (Lipinski definition) is 4. The Balaban J connectivity index is 2.32. The number of sulfonamides is 1. The predicted molar refractivity (Wildman–Crippen MR) is 73.4 cm³/mol. The van der Waals surface area contributed by atoms with Crippen molar-refractivity contribution < 1.29 is 17.9 Å². The average Bonchev–Trinajstić information content (AvgIpc) is 2.17. The fourth-order valence-electron chi connectivity index (χ4n) is 1.72. The van der Waals surface area contributed by atoms with Gasteiger partial charge in [-0.1, -0.05) is 6.92 Å². The molecule has 1 rings (SSSR count). The largest absolute Gasteiger partial charge is 0.446 e. The highest BCUT2D eigenvalue weighted by molar-refractivity contribution is 7.90. The summed E-state index contributed by atoms with van der Waals surface area (Å²) in [5.74, 6) is 0. The van der Waals surface area contributed by atoms with Gasteiger partial charge < -0.3 is 10.1 Å². The third-order valence-electron chi connectivity index (χ3n) is 2.79. The molecule has 0 aromatic heterocycles. The predicted octanol–water partition coefficient (Wildman–Crippen LogP) is 1.37. The summed E-state index contributed by atoms with van der Waals surface area (Å²) in [5, 5.41) is 2.24. The molecule has 7 heteroatoms. The van der Waals surface area contributed by atoms with Crippen LogP contribution < -0.4 is 10.0 Å². The molecule has 0 heterocycles. The van der Waals surface area contributed by atoms with Gasteiger partial charge in [0.25, 0.3) is 0 Å². The molecule has 1 aliphatic rings. The molecule has 2 N–H and O–H groups in total. The minimum absolute atomic E-state index is 0.300. The van der Waals surface area contributed by atoms with Crippen molar-refractivity contribution in [2.75, 3.05) is 6.54 Å². The molecule has 0 unspecified atom stereocenters. The molecule has 0 aromatic rings. The van der Waals surface area contributed by atoms with Crippen molar-refractivity contribution in [2.24, 2.45) is 0 Å². The second-order valence-electron chi connectivity index (χ2n) is 5.94. The molecule has 0 bridgehead atoms. The molecule has 19 heavy (non-hydrogen) atoms. The lowest BCUT2D eigenvalue weighted by Crippen LogP contribution is -2.49. The van der Waals surface area contributed by atoms with Gasteiger partial charge in [-0.3, -0.25) is 0 Å². The molecule has 112 valence electrons. The van der Waals surface area contributed by atoms with Crippen molar-refractivity contribution in [3.05, 3.63) is 0 Å². The van der Waals surface area contributed by atoms with Crippen LogP contribution in [0.15, 0.2) is 0 Å². The maximum Gasteiger partial charge on any atom is 0.407 e. The Kier molecular flexibility index (Phi) is 5.20. The number of hydrogen-bond donors (Lipinski definition) is 2. The Bertz CT molecular complexity index is 408.